The third-order valence-electron chi connectivity index (χ3n) is 3.91. The average Bonchev–Trinajstić information content (AvgIpc) is 3.15. The van der Waals surface area contributed by atoms with Crippen LogP contribution in [0.3, 0.4) is 0 Å². The zero-order valence-electron chi connectivity index (χ0n) is 15.6. The molecule has 0 saturated carbocycles. The van der Waals surface area contributed by atoms with Crippen molar-refractivity contribution >= 4 is 23.2 Å². The Labute approximate surface area is 163 Å². The molecule has 1 heterocycles. The number of hydrogen-bond acceptors (Lipinski definition) is 5. The molecular formula is C20H23N3O3S. The van der Waals surface area contributed by atoms with E-state index in [0.29, 0.717) is 11.3 Å². The number of benzene rings is 1. The van der Waals surface area contributed by atoms with Crippen LogP contribution in [0.15, 0.2) is 35.7 Å². The summed E-state index contributed by atoms with van der Waals surface area (Å²) in [5, 5.41) is 15.8. The van der Waals surface area contributed by atoms with Crippen molar-refractivity contribution in [1.29, 1.82) is 5.26 Å². The van der Waals surface area contributed by atoms with Crippen molar-refractivity contribution < 1.29 is 14.3 Å². The maximum Gasteiger partial charge on any atom is 0.262 e. The molecule has 2 amide bonds. The van der Waals surface area contributed by atoms with Crippen molar-refractivity contribution in [1.82, 2.24) is 10.6 Å². The minimum absolute atomic E-state index is 0.0831. The van der Waals surface area contributed by atoms with Crippen LogP contribution in [0, 0.1) is 17.2 Å². The highest BCUT2D eigenvalue weighted by molar-refractivity contribution is 7.12. The van der Waals surface area contributed by atoms with Crippen molar-refractivity contribution in [2.75, 3.05) is 13.7 Å². The van der Waals surface area contributed by atoms with Gasteiger partial charge in [0.05, 0.1) is 18.1 Å². The topological polar surface area (TPSA) is 91.2 Å². The second-order valence-electron chi connectivity index (χ2n) is 6.43. The summed E-state index contributed by atoms with van der Waals surface area (Å²) in [7, 11) is 1.61. The van der Waals surface area contributed by atoms with E-state index in [2.05, 4.69) is 10.6 Å². The van der Waals surface area contributed by atoms with E-state index in [1.165, 1.54) is 11.3 Å². The molecule has 0 saturated heterocycles. The first-order valence-corrected chi connectivity index (χ1v) is 9.51. The molecule has 0 bridgehead atoms. The highest BCUT2D eigenvalue weighted by atomic mass is 32.1. The third-order valence-corrected chi connectivity index (χ3v) is 4.84. The minimum Gasteiger partial charge on any atom is -0.496 e. The third kappa shape index (κ3) is 5.56. The summed E-state index contributed by atoms with van der Waals surface area (Å²) in [4.78, 5) is 25.4. The summed E-state index contributed by atoms with van der Waals surface area (Å²) in [5.74, 6) is 0.297. The Hall–Kier alpha value is -2.85. The molecule has 1 atom stereocenters. The van der Waals surface area contributed by atoms with E-state index >= 15 is 0 Å². The lowest BCUT2D eigenvalue weighted by Crippen LogP contribution is -2.47. The van der Waals surface area contributed by atoms with Gasteiger partial charge in [-0.2, -0.15) is 5.26 Å². The first-order valence-electron chi connectivity index (χ1n) is 8.63. The van der Waals surface area contributed by atoms with Crippen LogP contribution in [0.25, 0.3) is 11.1 Å². The number of carbonyl (C=O) groups excluding carboxylic acids is 2. The first kappa shape index (κ1) is 20.5. The van der Waals surface area contributed by atoms with E-state index in [4.69, 9.17) is 10.00 Å². The number of rotatable bonds is 8. The zero-order valence-corrected chi connectivity index (χ0v) is 16.4. The fraction of sp³-hybridized carbons (Fsp3) is 0.350. The van der Waals surface area contributed by atoms with Gasteiger partial charge < -0.3 is 15.4 Å². The first-order chi connectivity index (χ1) is 13.0. The predicted molar refractivity (Wildman–Crippen MR) is 106 cm³/mol. The van der Waals surface area contributed by atoms with Gasteiger partial charge in [0.15, 0.2) is 0 Å². The maximum atomic E-state index is 12.6. The number of para-hydroxylation sites is 1. The molecule has 2 N–H and O–H groups in total. The number of nitrogens with zero attached hydrogens (tertiary/aromatic N) is 1. The molecule has 7 heteroatoms. The van der Waals surface area contributed by atoms with Crippen molar-refractivity contribution in [3.05, 3.63) is 40.6 Å². The number of carbonyl (C=O) groups is 2. The van der Waals surface area contributed by atoms with Crippen LogP contribution in [0.1, 0.15) is 29.9 Å². The monoisotopic (exact) mass is 385 g/mol. The molecule has 0 spiro atoms. The SMILES string of the molecule is COc1ccccc1-c1csc(C(=O)N[C@@H](CC(C)C)C(=O)NCC#N)c1. The Kier molecular flexibility index (Phi) is 7.38. The zero-order chi connectivity index (χ0) is 19.8. The normalized spacial score (nSPS) is 11.5. The van der Waals surface area contributed by atoms with Gasteiger partial charge in [0, 0.05) is 5.56 Å². The van der Waals surface area contributed by atoms with Crippen molar-refractivity contribution in [3.63, 3.8) is 0 Å². The van der Waals surface area contributed by atoms with Gasteiger partial charge in [-0.1, -0.05) is 32.0 Å². The van der Waals surface area contributed by atoms with Crippen LogP contribution in [0.4, 0.5) is 0 Å². The lowest BCUT2D eigenvalue weighted by molar-refractivity contribution is -0.123. The molecule has 0 aliphatic heterocycles. The molecular weight excluding hydrogens is 362 g/mol. The van der Waals surface area contributed by atoms with Gasteiger partial charge in [0.1, 0.15) is 18.3 Å². The molecule has 1 aromatic heterocycles. The van der Waals surface area contributed by atoms with Crippen molar-refractivity contribution in [3.8, 4) is 22.9 Å². The Morgan fingerprint density at radius 2 is 2.04 bits per heavy atom. The fourth-order valence-electron chi connectivity index (χ4n) is 2.66. The summed E-state index contributed by atoms with van der Waals surface area (Å²) in [6, 6.07) is 10.6. The van der Waals surface area contributed by atoms with Crippen LogP contribution < -0.4 is 15.4 Å². The largest absolute Gasteiger partial charge is 0.496 e. The molecule has 0 aliphatic rings. The standard InChI is InChI=1S/C20H23N3O3S/c1-13(2)10-16(19(24)22-9-8-21)23-20(25)18-11-14(12-27-18)15-6-4-5-7-17(15)26-3/h4-7,11-13,16H,9-10H2,1-3H3,(H,22,24)(H,23,25)/t16-/m0/s1. The van der Waals surface area contributed by atoms with Crippen molar-refractivity contribution in [2.45, 2.75) is 26.3 Å². The van der Waals surface area contributed by atoms with Gasteiger partial charge in [-0.15, -0.1) is 11.3 Å². The summed E-state index contributed by atoms with van der Waals surface area (Å²) >= 11 is 1.31. The number of nitriles is 1. The van der Waals surface area contributed by atoms with Crippen LogP contribution in [-0.4, -0.2) is 31.5 Å². The van der Waals surface area contributed by atoms with Crippen LogP contribution >= 0.6 is 11.3 Å². The smallest absolute Gasteiger partial charge is 0.262 e. The molecule has 2 rings (SSSR count). The average molecular weight is 385 g/mol. The van der Waals surface area contributed by atoms with E-state index in [0.717, 1.165) is 16.9 Å². The molecule has 0 unspecified atom stereocenters. The number of nitrogens with one attached hydrogen (secondary N) is 2. The van der Waals surface area contributed by atoms with Crippen LogP contribution in [0.5, 0.6) is 5.75 Å². The van der Waals surface area contributed by atoms with E-state index < -0.39 is 6.04 Å². The molecule has 2 aromatic rings. The summed E-state index contributed by atoms with van der Waals surface area (Å²) in [5.41, 5.74) is 1.79. The van der Waals surface area contributed by atoms with E-state index in [1.807, 2.05) is 49.6 Å². The van der Waals surface area contributed by atoms with Gasteiger partial charge in [0.2, 0.25) is 5.91 Å². The molecule has 142 valence electrons. The quantitative estimate of drug-likeness (QED) is 0.683. The highest BCUT2D eigenvalue weighted by Crippen LogP contribution is 2.32. The molecule has 0 fully saturated rings. The van der Waals surface area contributed by atoms with E-state index in [9.17, 15) is 9.59 Å². The highest BCUT2D eigenvalue weighted by Gasteiger charge is 2.23. The second kappa shape index (κ2) is 9.74. The molecule has 1 aromatic carbocycles. The van der Waals surface area contributed by atoms with Crippen LogP contribution in [-0.2, 0) is 4.79 Å². The van der Waals surface area contributed by atoms with Crippen molar-refractivity contribution in [2.24, 2.45) is 5.92 Å². The van der Waals surface area contributed by atoms with E-state index in [-0.39, 0.29) is 24.3 Å². The number of thiophene rings is 1. The predicted octanol–water partition coefficient (Wildman–Crippen LogP) is 3.21. The number of ether oxygens (including phenoxy) is 1. The molecule has 0 radical (unpaired) electrons. The number of methoxy groups -OCH3 is 1. The van der Waals surface area contributed by atoms with Gasteiger partial charge in [-0.25, -0.2) is 0 Å². The second-order valence-corrected chi connectivity index (χ2v) is 7.34. The molecule has 0 aliphatic carbocycles. The Balaban J connectivity index is 2.15. The lowest BCUT2D eigenvalue weighted by Gasteiger charge is -2.19. The maximum absolute atomic E-state index is 12.6. The van der Waals surface area contributed by atoms with Gasteiger partial charge in [0.25, 0.3) is 5.91 Å². The Morgan fingerprint density at radius 3 is 2.70 bits per heavy atom. The van der Waals surface area contributed by atoms with Gasteiger partial charge in [-0.05, 0) is 35.4 Å². The number of amides is 2. The molecule has 27 heavy (non-hydrogen) atoms. The Morgan fingerprint density at radius 1 is 1.30 bits per heavy atom. The summed E-state index contributed by atoms with van der Waals surface area (Å²) < 4.78 is 5.37. The molecule has 6 nitrogen and oxygen atoms in total. The lowest BCUT2D eigenvalue weighted by atomic mass is 10.0. The number of hydrogen-bond donors (Lipinski definition) is 2. The van der Waals surface area contributed by atoms with Gasteiger partial charge >= 0.3 is 0 Å². The van der Waals surface area contributed by atoms with Crippen LogP contribution in [0.2, 0.25) is 0 Å². The fourth-order valence-corrected chi connectivity index (χ4v) is 3.47. The van der Waals surface area contributed by atoms with Gasteiger partial charge in [-0.3, -0.25) is 9.59 Å². The van der Waals surface area contributed by atoms with E-state index in [1.54, 1.807) is 13.2 Å². The summed E-state index contributed by atoms with van der Waals surface area (Å²) in [6.07, 6.45) is 0.494. The Bertz CT molecular complexity index is 839. The summed E-state index contributed by atoms with van der Waals surface area (Å²) in [6.45, 7) is 3.86. The minimum atomic E-state index is -0.678.